The third-order valence-electron chi connectivity index (χ3n) is 4.49. The molecule has 0 radical (unpaired) electrons. The molecule has 1 aromatic rings. The maximum absolute atomic E-state index is 12.9. The topological polar surface area (TPSA) is 51.2 Å². The van der Waals surface area contributed by atoms with Gasteiger partial charge in [-0.3, -0.25) is 4.79 Å². The third kappa shape index (κ3) is 3.75. The summed E-state index contributed by atoms with van der Waals surface area (Å²) in [7, 11) is 4.09. The van der Waals surface area contributed by atoms with Crippen molar-refractivity contribution in [2.45, 2.75) is 38.3 Å². The lowest BCUT2D eigenvalue weighted by Gasteiger charge is -2.38. The lowest BCUT2D eigenvalue weighted by atomic mass is 10.0. The number of rotatable bonds is 5. The number of hydrogen-bond acceptors (Lipinski definition) is 5. The van der Waals surface area contributed by atoms with Gasteiger partial charge in [-0.05, 0) is 52.4 Å². The van der Waals surface area contributed by atoms with Crippen LogP contribution in [-0.4, -0.2) is 61.8 Å². The first-order valence-corrected chi connectivity index (χ1v) is 8.56. The van der Waals surface area contributed by atoms with Crippen LogP contribution in [0.15, 0.2) is 18.2 Å². The fourth-order valence-corrected chi connectivity index (χ4v) is 3.34. The number of hydrogen-bond donors (Lipinski definition) is 0. The number of benzene rings is 1. The predicted molar refractivity (Wildman–Crippen MR) is 90.6 cm³/mol. The Hall–Kier alpha value is -1.95. The SMILES string of the molecule is C[C@H](Oc1ccc2c(c1)OCO2)C(=O)N1CCCC[C@H]1CN(C)C. The number of likely N-dealkylation sites (tertiary alicyclic amines) is 1. The number of carbonyl (C=O) groups is 1. The summed E-state index contributed by atoms with van der Waals surface area (Å²) in [5.74, 6) is 2.06. The summed E-state index contributed by atoms with van der Waals surface area (Å²) < 4.78 is 16.5. The fraction of sp³-hybridized carbons (Fsp3) is 0.611. The van der Waals surface area contributed by atoms with Gasteiger partial charge in [-0.25, -0.2) is 0 Å². The molecule has 0 N–H and O–H groups in total. The molecule has 6 nitrogen and oxygen atoms in total. The minimum absolute atomic E-state index is 0.0548. The van der Waals surface area contributed by atoms with E-state index in [4.69, 9.17) is 14.2 Å². The molecule has 24 heavy (non-hydrogen) atoms. The van der Waals surface area contributed by atoms with Crippen molar-refractivity contribution < 1.29 is 19.0 Å². The number of ether oxygens (including phenoxy) is 3. The summed E-state index contributed by atoms with van der Waals surface area (Å²) in [4.78, 5) is 17.0. The summed E-state index contributed by atoms with van der Waals surface area (Å²) >= 11 is 0. The van der Waals surface area contributed by atoms with E-state index in [1.54, 1.807) is 6.07 Å². The lowest BCUT2D eigenvalue weighted by molar-refractivity contribution is -0.142. The first-order valence-electron chi connectivity index (χ1n) is 8.56. The van der Waals surface area contributed by atoms with E-state index in [0.29, 0.717) is 17.2 Å². The van der Waals surface area contributed by atoms with Gasteiger partial charge in [0.1, 0.15) is 5.75 Å². The molecular formula is C18H26N2O4. The molecule has 0 bridgehead atoms. The van der Waals surface area contributed by atoms with Crippen LogP contribution in [0.5, 0.6) is 17.2 Å². The van der Waals surface area contributed by atoms with Crippen LogP contribution in [0.1, 0.15) is 26.2 Å². The fourth-order valence-electron chi connectivity index (χ4n) is 3.34. The van der Waals surface area contributed by atoms with E-state index in [9.17, 15) is 4.79 Å². The molecule has 2 aliphatic rings. The average Bonchev–Trinajstić information content (AvgIpc) is 3.02. The van der Waals surface area contributed by atoms with Gasteiger partial charge in [0, 0.05) is 25.2 Å². The standard InChI is InChI=1S/C18H26N2O4/c1-13(24-15-7-8-16-17(10-15)23-12-22-16)18(21)20-9-5-4-6-14(20)11-19(2)3/h7-8,10,13-14H,4-6,9,11-12H2,1-3H3/t13-,14-/m0/s1. The highest BCUT2D eigenvalue weighted by Gasteiger charge is 2.31. The van der Waals surface area contributed by atoms with Gasteiger partial charge in [-0.1, -0.05) is 0 Å². The minimum Gasteiger partial charge on any atom is -0.481 e. The molecule has 2 heterocycles. The maximum atomic E-state index is 12.9. The van der Waals surface area contributed by atoms with Crippen molar-refractivity contribution in [1.82, 2.24) is 9.80 Å². The first kappa shape index (κ1) is 16.9. The maximum Gasteiger partial charge on any atom is 0.263 e. The molecule has 1 amide bonds. The van der Waals surface area contributed by atoms with Gasteiger partial charge in [0.25, 0.3) is 5.91 Å². The van der Waals surface area contributed by atoms with Crippen LogP contribution in [0.4, 0.5) is 0 Å². The number of nitrogens with zero attached hydrogens (tertiary/aromatic N) is 2. The van der Waals surface area contributed by atoms with Gasteiger partial charge < -0.3 is 24.0 Å². The van der Waals surface area contributed by atoms with Gasteiger partial charge >= 0.3 is 0 Å². The quantitative estimate of drug-likeness (QED) is 0.826. The Morgan fingerprint density at radius 3 is 2.92 bits per heavy atom. The summed E-state index contributed by atoms with van der Waals surface area (Å²) in [5.41, 5.74) is 0. The van der Waals surface area contributed by atoms with Gasteiger partial charge in [0.15, 0.2) is 17.6 Å². The van der Waals surface area contributed by atoms with Crippen LogP contribution < -0.4 is 14.2 Å². The van der Waals surface area contributed by atoms with E-state index in [2.05, 4.69) is 4.90 Å². The van der Waals surface area contributed by atoms with Gasteiger partial charge in [0.05, 0.1) is 0 Å². The van der Waals surface area contributed by atoms with Gasteiger partial charge in [-0.15, -0.1) is 0 Å². The minimum atomic E-state index is -0.520. The van der Waals surface area contributed by atoms with Crippen molar-refractivity contribution in [2.75, 3.05) is 34.0 Å². The summed E-state index contributed by atoms with van der Waals surface area (Å²) in [6.07, 6.45) is 2.78. The highest BCUT2D eigenvalue weighted by atomic mass is 16.7. The van der Waals surface area contributed by atoms with Gasteiger partial charge in [-0.2, -0.15) is 0 Å². The summed E-state index contributed by atoms with van der Waals surface area (Å²) in [5, 5.41) is 0. The molecule has 0 spiro atoms. The second kappa shape index (κ2) is 7.30. The normalized spacial score (nSPS) is 21.0. The number of amides is 1. The predicted octanol–water partition coefficient (Wildman–Crippen LogP) is 2.13. The zero-order valence-electron chi connectivity index (χ0n) is 14.7. The Morgan fingerprint density at radius 2 is 2.12 bits per heavy atom. The molecule has 0 aromatic heterocycles. The second-order valence-corrected chi connectivity index (χ2v) is 6.72. The molecule has 0 aliphatic carbocycles. The van der Waals surface area contributed by atoms with Crippen molar-refractivity contribution in [2.24, 2.45) is 0 Å². The number of piperidine rings is 1. The first-order chi connectivity index (χ1) is 11.5. The molecule has 1 fully saturated rings. The molecular weight excluding hydrogens is 308 g/mol. The van der Waals surface area contributed by atoms with E-state index in [1.165, 1.54) is 6.42 Å². The Kier molecular flexibility index (Phi) is 5.14. The molecule has 2 atom stereocenters. The number of fused-ring (bicyclic) bond motifs is 1. The molecule has 2 aliphatic heterocycles. The van der Waals surface area contributed by atoms with E-state index in [-0.39, 0.29) is 18.7 Å². The van der Waals surface area contributed by atoms with E-state index >= 15 is 0 Å². The Morgan fingerprint density at radius 1 is 1.33 bits per heavy atom. The molecule has 0 unspecified atom stereocenters. The highest BCUT2D eigenvalue weighted by molar-refractivity contribution is 5.81. The van der Waals surface area contributed by atoms with Crippen LogP contribution in [0, 0.1) is 0 Å². The van der Waals surface area contributed by atoms with Crippen LogP contribution in [0.2, 0.25) is 0 Å². The summed E-state index contributed by atoms with van der Waals surface area (Å²) in [6, 6.07) is 5.67. The Labute approximate surface area is 143 Å². The second-order valence-electron chi connectivity index (χ2n) is 6.72. The monoisotopic (exact) mass is 334 g/mol. The Balaban J connectivity index is 1.64. The largest absolute Gasteiger partial charge is 0.481 e. The summed E-state index contributed by atoms with van der Waals surface area (Å²) in [6.45, 7) is 3.75. The van der Waals surface area contributed by atoms with Crippen LogP contribution in [0.25, 0.3) is 0 Å². The van der Waals surface area contributed by atoms with E-state index < -0.39 is 6.10 Å². The lowest BCUT2D eigenvalue weighted by Crippen LogP contribution is -2.52. The van der Waals surface area contributed by atoms with E-state index in [1.807, 2.05) is 38.1 Å². The van der Waals surface area contributed by atoms with Crippen LogP contribution in [-0.2, 0) is 4.79 Å². The molecule has 6 heteroatoms. The van der Waals surface area contributed by atoms with Crippen molar-refractivity contribution in [3.63, 3.8) is 0 Å². The molecule has 132 valence electrons. The molecule has 1 saturated heterocycles. The number of carbonyl (C=O) groups excluding carboxylic acids is 1. The zero-order valence-corrected chi connectivity index (χ0v) is 14.7. The molecule has 1 aromatic carbocycles. The average molecular weight is 334 g/mol. The smallest absolute Gasteiger partial charge is 0.263 e. The van der Waals surface area contributed by atoms with Gasteiger partial charge in [0.2, 0.25) is 6.79 Å². The highest BCUT2D eigenvalue weighted by Crippen LogP contribution is 2.35. The van der Waals surface area contributed by atoms with Crippen molar-refractivity contribution in [3.8, 4) is 17.2 Å². The van der Waals surface area contributed by atoms with Crippen LogP contribution >= 0.6 is 0 Å². The Bertz CT molecular complexity index is 590. The van der Waals surface area contributed by atoms with Crippen molar-refractivity contribution >= 4 is 5.91 Å². The van der Waals surface area contributed by atoms with E-state index in [0.717, 1.165) is 25.9 Å². The van der Waals surface area contributed by atoms with Crippen LogP contribution in [0.3, 0.4) is 0 Å². The molecule has 3 rings (SSSR count). The molecule has 0 saturated carbocycles. The number of likely N-dealkylation sites (N-methyl/N-ethyl adjacent to an activating group) is 1. The third-order valence-corrected chi connectivity index (χ3v) is 4.49. The van der Waals surface area contributed by atoms with Crippen molar-refractivity contribution in [1.29, 1.82) is 0 Å². The van der Waals surface area contributed by atoms with Crippen molar-refractivity contribution in [3.05, 3.63) is 18.2 Å². The zero-order chi connectivity index (χ0) is 17.1.